The van der Waals surface area contributed by atoms with E-state index >= 15 is 0 Å². The van der Waals surface area contributed by atoms with E-state index in [1.165, 1.54) is 46.3 Å². The number of hydrogen-bond donors (Lipinski definition) is 0. The van der Waals surface area contributed by atoms with E-state index in [-0.39, 0.29) is 23.6 Å². The lowest BCUT2D eigenvalue weighted by Gasteiger charge is -2.20. The zero-order valence-electron chi connectivity index (χ0n) is 16.1. The maximum Gasteiger partial charge on any atom is 0.211 e. The number of carbonyl (C=O) groups is 2. The van der Waals surface area contributed by atoms with Crippen LogP contribution >= 0.6 is 0 Å². The summed E-state index contributed by atoms with van der Waals surface area (Å²) in [5.41, 5.74) is 0.924. The van der Waals surface area contributed by atoms with Crippen molar-refractivity contribution >= 4 is 17.3 Å². The number of ketones is 2. The average Bonchev–Trinajstić information content (AvgIpc) is 2.66. The molecule has 0 atom stereocenters. The molecule has 0 amide bonds. The molecule has 142 valence electrons. The van der Waals surface area contributed by atoms with Crippen LogP contribution in [-0.2, 0) is 0 Å². The van der Waals surface area contributed by atoms with Gasteiger partial charge in [-0.1, -0.05) is 45.4 Å². The Labute approximate surface area is 155 Å². The van der Waals surface area contributed by atoms with Crippen molar-refractivity contribution in [1.82, 2.24) is 0 Å². The van der Waals surface area contributed by atoms with E-state index in [0.29, 0.717) is 29.3 Å². The summed E-state index contributed by atoms with van der Waals surface area (Å²) in [5.74, 6) is 0.430. The SMILES string of the molecule is CCCCCCCCCN=C1CC(=O)c2c(OC)ccc(OC)c2C1=O. The van der Waals surface area contributed by atoms with Crippen LogP contribution in [0.25, 0.3) is 0 Å². The number of unbranched alkanes of at least 4 members (excludes halogenated alkanes) is 6. The summed E-state index contributed by atoms with van der Waals surface area (Å²) in [5, 5.41) is 0. The first-order valence-electron chi connectivity index (χ1n) is 9.50. The maximum atomic E-state index is 12.8. The zero-order chi connectivity index (χ0) is 18.9. The summed E-state index contributed by atoms with van der Waals surface area (Å²) in [7, 11) is 2.98. The Balaban J connectivity index is 2.04. The highest BCUT2D eigenvalue weighted by Crippen LogP contribution is 2.35. The molecule has 0 N–H and O–H groups in total. The number of hydrogen-bond acceptors (Lipinski definition) is 5. The predicted octanol–water partition coefficient (Wildman–Crippen LogP) is 4.66. The minimum absolute atomic E-state index is 0.0336. The number of rotatable bonds is 10. The molecule has 5 nitrogen and oxygen atoms in total. The maximum absolute atomic E-state index is 12.8. The number of ether oxygens (including phenoxy) is 2. The fourth-order valence-corrected chi connectivity index (χ4v) is 3.28. The molecule has 26 heavy (non-hydrogen) atoms. The molecular formula is C21H29NO4. The van der Waals surface area contributed by atoms with Gasteiger partial charge >= 0.3 is 0 Å². The Morgan fingerprint density at radius 1 is 0.885 bits per heavy atom. The third-order valence-electron chi connectivity index (χ3n) is 4.73. The van der Waals surface area contributed by atoms with Gasteiger partial charge < -0.3 is 9.47 Å². The zero-order valence-corrected chi connectivity index (χ0v) is 16.1. The van der Waals surface area contributed by atoms with Gasteiger partial charge in [0.25, 0.3) is 0 Å². The van der Waals surface area contributed by atoms with Crippen LogP contribution in [0.5, 0.6) is 11.5 Å². The van der Waals surface area contributed by atoms with Crippen LogP contribution in [0.1, 0.15) is 79.0 Å². The molecule has 2 rings (SSSR count). The van der Waals surface area contributed by atoms with Gasteiger partial charge in [-0.2, -0.15) is 0 Å². The first-order chi connectivity index (χ1) is 12.6. The lowest BCUT2D eigenvalue weighted by molar-refractivity contribution is 0.0959. The van der Waals surface area contributed by atoms with Crippen molar-refractivity contribution in [1.29, 1.82) is 0 Å². The molecule has 1 aromatic rings. The van der Waals surface area contributed by atoms with E-state index in [2.05, 4.69) is 11.9 Å². The molecule has 0 saturated carbocycles. The molecule has 0 aromatic heterocycles. The topological polar surface area (TPSA) is 65.0 Å². The van der Waals surface area contributed by atoms with Gasteiger partial charge in [0.05, 0.1) is 37.5 Å². The van der Waals surface area contributed by atoms with Crippen LogP contribution in [0, 0.1) is 0 Å². The molecule has 0 fully saturated rings. The third kappa shape index (κ3) is 4.71. The molecule has 0 bridgehead atoms. The number of carbonyl (C=O) groups excluding carboxylic acids is 2. The first-order valence-corrected chi connectivity index (χ1v) is 9.50. The van der Waals surface area contributed by atoms with E-state index in [1.807, 2.05) is 0 Å². The van der Waals surface area contributed by atoms with E-state index < -0.39 is 0 Å². The second-order valence-electron chi connectivity index (χ2n) is 6.60. The van der Waals surface area contributed by atoms with Gasteiger partial charge in [0.1, 0.15) is 11.5 Å². The summed E-state index contributed by atoms with van der Waals surface area (Å²) in [6.07, 6.45) is 8.37. The van der Waals surface area contributed by atoms with Gasteiger partial charge in [0.2, 0.25) is 5.78 Å². The predicted molar refractivity (Wildman–Crippen MR) is 103 cm³/mol. The number of nitrogens with zero attached hydrogens (tertiary/aromatic N) is 1. The largest absolute Gasteiger partial charge is 0.496 e. The second kappa shape index (κ2) is 10.1. The van der Waals surface area contributed by atoms with Crippen molar-refractivity contribution in [2.24, 2.45) is 4.99 Å². The van der Waals surface area contributed by atoms with Crippen molar-refractivity contribution in [3.05, 3.63) is 23.3 Å². The minimum Gasteiger partial charge on any atom is -0.496 e. The molecule has 5 heteroatoms. The highest BCUT2D eigenvalue weighted by Gasteiger charge is 2.34. The first kappa shape index (κ1) is 20.1. The molecular weight excluding hydrogens is 330 g/mol. The Bertz CT molecular complexity index is 679. The van der Waals surface area contributed by atoms with Crippen LogP contribution in [0.2, 0.25) is 0 Å². The standard InChI is InChI=1S/C21H29NO4/c1-4-5-6-7-8-9-10-13-22-15-14-16(23)19-17(25-2)11-12-18(26-3)20(19)21(15)24/h11-12H,4-10,13-14H2,1-3H3. The Hall–Kier alpha value is -2.17. The van der Waals surface area contributed by atoms with Gasteiger partial charge in [-0.05, 0) is 18.6 Å². The van der Waals surface area contributed by atoms with E-state index in [4.69, 9.17) is 9.47 Å². The van der Waals surface area contributed by atoms with Crippen molar-refractivity contribution in [2.75, 3.05) is 20.8 Å². The number of Topliss-reactive ketones (excluding diaryl/α,β-unsaturated/α-hetero) is 2. The normalized spacial score (nSPS) is 15.3. The van der Waals surface area contributed by atoms with Crippen LogP contribution in [0.4, 0.5) is 0 Å². The van der Waals surface area contributed by atoms with Gasteiger partial charge in [0.15, 0.2) is 5.78 Å². The smallest absolute Gasteiger partial charge is 0.211 e. The number of methoxy groups -OCH3 is 2. The quantitative estimate of drug-likeness (QED) is 0.570. The highest BCUT2D eigenvalue weighted by atomic mass is 16.5. The molecule has 0 radical (unpaired) electrons. The summed E-state index contributed by atoms with van der Waals surface area (Å²) < 4.78 is 10.5. The van der Waals surface area contributed by atoms with Gasteiger partial charge in [-0.15, -0.1) is 0 Å². The second-order valence-corrected chi connectivity index (χ2v) is 6.60. The highest BCUT2D eigenvalue weighted by molar-refractivity contribution is 6.53. The van der Waals surface area contributed by atoms with Crippen LogP contribution < -0.4 is 9.47 Å². The van der Waals surface area contributed by atoms with Gasteiger partial charge in [-0.3, -0.25) is 14.6 Å². The molecule has 0 unspecified atom stereocenters. The summed E-state index contributed by atoms with van der Waals surface area (Å²) in [6, 6.07) is 3.31. The molecule has 0 aliphatic heterocycles. The Kier molecular flexibility index (Phi) is 7.82. The molecule has 1 aromatic carbocycles. The number of fused-ring (bicyclic) bond motifs is 1. The number of aliphatic imine (C=N–C) groups is 1. The Morgan fingerprint density at radius 2 is 1.46 bits per heavy atom. The van der Waals surface area contributed by atoms with Crippen molar-refractivity contribution < 1.29 is 19.1 Å². The lowest BCUT2D eigenvalue weighted by Crippen LogP contribution is -2.28. The molecule has 0 spiro atoms. The average molecular weight is 359 g/mol. The van der Waals surface area contributed by atoms with Crippen molar-refractivity contribution in [2.45, 2.75) is 58.3 Å². The van der Waals surface area contributed by atoms with E-state index in [1.54, 1.807) is 12.1 Å². The van der Waals surface area contributed by atoms with Crippen molar-refractivity contribution in [3.63, 3.8) is 0 Å². The number of benzene rings is 1. The molecule has 0 saturated heterocycles. The summed E-state index contributed by atoms with van der Waals surface area (Å²) in [4.78, 5) is 29.8. The summed E-state index contributed by atoms with van der Waals surface area (Å²) >= 11 is 0. The van der Waals surface area contributed by atoms with E-state index in [9.17, 15) is 9.59 Å². The third-order valence-corrected chi connectivity index (χ3v) is 4.73. The molecule has 1 aliphatic rings. The molecule has 1 aliphatic carbocycles. The van der Waals surface area contributed by atoms with Gasteiger partial charge in [-0.25, -0.2) is 0 Å². The molecule has 0 heterocycles. The lowest BCUT2D eigenvalue weighted by atomic mass is 9.86. The van der Waals surface area contributed by atoms with Gasteiger partial charge in [0, 0.05) is 6.54 Å². The fraction of sp³-hybridized carbons (Fsp3) is 0.571. The van der Waals surface area contributed by atoms with Crippen LogP contribution in [0.3, 0.4) is 0 Å². The van der Waals surface area contributed by atoms with Crippen molar-refractivity contribution in [3.8, 4) is 11.5 Å². The minimum atomic E-state index is -0.224. The summed E-state index contributed by atoms with van der Waals surface area (Å²) in [6.45, 7) is 2.80. The van der Waals surface area contributed by atoms with E-state index in [0.717, 1.165) is 12.8 Å². The Morgan fingerprint density at radius 3 is 2.08 bits per heavy atom. The monoisotopic (exact) mass is 359 g/mol. The van der Waals surface area contributed by atoms with Crippen LogP contribution in [-0.4, -0.2) is 38.0 Å². The fourth-order valence-electron chi connectivity index (χ4n) is 3.28. The van der Waals surface area contributed by atoms with Crippen LogP contribution in [0.15, 0.2) is 17.1 Å².